The van der Waals surface area contributed by atoms with Gasteiger partial charge >= 0.3 is 5.69 Å². The highest BCUT2D eigenvalue weighted by Gasteiger charge is 2.14. The minimum absolute atomic E-state index is 0.164. The number of aromatic nitrogens is 4. The van der Waals surface area contributed by atoms with E-state index in [0.29, 0.717) is 5.65 Å². The molecule has 0 fully saturated rings. The van der Waals surface area contributed by atoms with E-state index in [-0.39, 0.29) is 12.5 Å². The molecule has 0 radical (unpaired) electrons. The second-order valence-electron chi connectivity index (χ2n) is 6.21. The molecule has 4 aromatic rings. The Balaban J connectivity index is 1.69. The lowest BCUT2D eigenvalue weighted by atomic mass is 10.1. The number of nitrogens with zero attached hydrogens (tertiary/aromatic N) is 4. The summed E-state index contributed by atoms with van der Waals surface area (Å²) >= 11 is 0. The van der Waals surface area contributed by atoms with Crippen LogP contribution < -0.4 is 11.0 Å². The molecule has 2 aromatic heterocycles. The Labute approximate surface area is 148 Å². The molecular formula is C19H17N5O2. The van der Waals surface area contributed by atoms with E-state index in [1.807, 2.05) is 56.3 Å². The van der Waals surface area contributed by atoms with E-state index in [0.717, 1.165) is 32.4 Å². The second kappa shape index (κ2) is 6.11. The van der Waals surface area contributed by atoms with Crippen LogP contribution in [0.3, 0.4) is 0 Å². The molecule has 7 nitrogen and oxygen atoms in total. The molecule has 0 atom stereocenters. The number of benzene rings is 2. The van der Waals surface area contributed by atoms with Crippen LogP contribution in [0.4, 0.5) is 5.69 Å². The lowest BCUT2D eigenvalue weighted by molar-refractivity contribution is -0.117. The molecule has 1 N–H and O–H groups in total. The van der Waals surface area contributed by atoms with E-state index in [2.05, 4.69) is 15.4 Å². The van der Waals surface area contributed by atoms with E-state index in [1.54, 1.807) is 0 Å². The van der Waals surface area contributed by atoms with Crippen molar-refractivity contribution in [2.75, 3.05) is 5.32 Å². The first kappa shape index (κ1) is 16.0. The predicted molar refractivity (Wildman–Crippen MR) is 99.3 cm³/mol. The zero-order valence-electron chi connectivity index (χ0n) is 14.4. The van der Waals surface area contributed by atoms with Crippen LogP contribution in [-0.4, -0.2) is 25.1 Å². The van der Waals surface area contributed by atoms with Gasteiger partial charge in [-0.1, -0.05) is 30.3 Å². The average molecular weight is 347 g/mol. The summed E-state index contributed by atoms with van der Waals surface area (Å²) in [6, 6.07) is 13.2. The predicted octanol–water partition coefficient (Wildman–Crippen LogP) is 2.30. The normalized spacial score (nSPS) is 11.2. The van der Waals surface area contributed by atoms with Gasteiger partial charge in [0.25, 0.3) is 0 Å². The number of hydrogen-bond acceptors (Lipinski definition) is 4. The van der Waals surface area contributed by atoms with Gasteiger partial charge in [0, 0.05) is 11.1 Å². The maximum atomic E-state index is 12.5. The van der Waals surface area contributed by atoms with Crippen LogP contribution in [0.5, 0.6) is 0 Å². The summed E-state index contributed by atoms with van der Waals surface area (Å²) in [5.74, 6) is -0.301. The van der Waals surface area contributed by atoms with Crippen LogP contribution in [0.1, 0.15) is 11.1 Å². The Morgan fingerprint density at radius 3 is 2.58 bits per heavy atom. The first-order valence-electron chi connectivity index (χ1n) is 8.23. The van der Waals surface area contributed by atoms with Crippen molar-refractivity contribution in [3.63, 3.8) is 0 Å². The zero-order valence-corrected chi connectivity index (χ0v) is 14.4. The first-order valence-corrected chi connectivity index (χ1v) is 8.23. The van der Waals surface area contributed by atoms with Crippen molar-refractivity contribution in [2.24, 2.45) is 0 Å². The molecule has 7 heteroatoms. The lowest BCUT2D eigenvalue weighted by Crippen LogP contribution is -2.28. The molecule has 26 heavy (non-hydrogen) atoms. The molecule has 0 saturated carbocycles. The van der Waals surface area contributed by atoms with E-state index in [1.165, 1.54) is 10.7 Å². The number of hydrogen-bond donors (Lipinski definition) is 1. The van der Waals surface area contributed by atoms with Crippen molar-refractivity contribution in [3.05, 3.63) is 70.4 Å². The van der Waals surface area contributed by atoms with E-state index < -0.39 is 5.69 Å². The summed E-state index contributed by atoms with van der Waals surface area (Å²) in [6.45, 7) is 3.69. The van der Waals surface area contributed by atoms with Crippen LogP contribution in [0, 0.1) is 13.8 Å². The third-order valence-electron chi connectivity index (χ3n) is 4.37. The van der Waals surface area contributed by atoms with Crippen molar-refractivity contribution in [3.8, 4) is 0 Å². The third kappa shape index (κ3) is 2.63. The summed E-state index contributed by atoms with van der Waals surface area (Å²) < 4.78 is 2.51. The number of nitrogens with one attached hydrogen (secondary N) is 1. The van der Waals surface area contributed by atoms with Crippen molar-refractivity contribution in [2.45, 2.75) is 20.4 Å². The molecule has 0 saturated heterocycles. The quantitative estimate of drug-likeness (QED) is 0.616. The number of rotatable bonds is 3. The molecule has 0 aliphatic heterocycles. The topological polar surface area (TPSA) is 81.3 Å². The van der Waals surface area contributed by atoms with Gasteiger partial charge in [-0.15, -0.1) is 5.10 Å². The largest absolute Gasteiger partial charge is 0.352 e. The minimum Gasteiger partial charge on any atom is -0.324 e. The molecule has 130 valence electrons. The van der Waals surface area contributed by atoms with E-state index in [4.69, 9.17) is 0 Å². The maximum Gasteiger partial charge on any atom is 0.352 e. The van der Waals surface area contributed by atoms with Gasteiger partial charge in [-0.3, -0.25) is 4.79 Å². The van der Waals surface area contributed by atoms with Gasteiger partial charge in [0.1, 0.15) is 12.9 Å². The fraction of sp³-hybridized carbons (Fsp3) is 0.158. The fourth-order valence-corrected chi connectivity index (χ4v) is 3.03. The van der Waals surface area contributed by atoms with Crippen molar-refractivity contribution < 1.29 is 4.79 Å². The highest BCUT2D eigenvalue weighted by Crippen LogP contribution is 2.19. The van der Waals surface area contributed by atoms with Crippen LogP contribution in [0.25, 0.3) is 16.6 Å². The Kier molecular flexibility index (Phi) is 3.76. The van der Waals surface area contributed by atoms with E-state index >= 15 is 0 Å². The van der Waals surface area contributed by atoms with Gasteiger partial charge in [0.15, 0.2) is 5.65 Å². The summed E-state index contributed by atoms with van der Waals surface area (Å²) in [5, 5.41) is 7.97. The molecule has 1 amide bonds. The lowest BCUT2D eigenvalue weighted by Gasteiger charge is -2.10. The van der Waals surface area contributed by atoms with Gasteiger partial charge in [-0.2, -0.15) is 0 Å². The SMILES string of the molecule is Cc1cccc(C)c1NC(=O)Cn1nc2c3ccccc3ncn2c1=O. The van der Waals surface area contributed by atoms with Gasteiger partial charge in [0.2, 0.25) is 5.91 Å². The van der Waals surface area contributed by atoms with Crippen molar-refractivity contribution in [1.82, 2.24) is 19.2 Å². The fourth-order valence-electron chi connectivity index (χ4n) is 3.03. The van der Waals surface area contributed by atoms with Crippen LogP contribution in [0.2, 0.25) is 0 Å². The van der Waals surface area contributed by atoms with Gasteiger partial charge in [-0.05, 0) is 37.1 Å². The summed E-state index contributed by atoms with van der Waals surface area (Å²) in [7, 11) is 0. The number of carbonyl (C=O) groups excluding carboxylic acids is 1. The zero-order chi connectivity index (χ0) is 18.3. The van der Waals surface area contributed by atoms with Crippen LogP contribution >= 0.6 is 0 Å². The highest BCUT2D eigenvalue weighted by molar-refractivity contribution is 5.93. The Morgan fingerprint density at radius 2 is 1.81 bits per heavy atom. The smallest absolute Gasteiger partial charge is 0.324 e. The molecule has 2 heterocycles. The van der Waals surface area contributed by atoms with Gasteiger partial charge < -0.3 is 5.32 Å². The number of para-hydroxylation sites is 2. The van der Waals surface area contributed by atoms with Crippen molar-refractivity contribution >= 4 is 28.1 Å². The first-order chi connectivity index (χ1) is 12.5. The molecule has 0 spiro atoms. The van der Waals surface area contributed by atoms with Gasteiger partial charge in [-0.25, -0.2) is 18.9 Å². The number of fused-ring (bicyclic) bond motifs is 3. The van der Waals surface area contributed by atoms with Crippen molar-refractivity contribution in [1.29, 1.82) is 0 Å². The van der Waals surface area contributed by atoms with Crippen LogP contribution in [0.15, 0.2) is 53.6 Å². The summed E-state index contributed by atoms with van der Waals surface area (Å²) in [5.41, 5.74) is 3.54. The molecular weight excluding hydrogens is 330 g/mol. The monoisotopic (exact) mass is 347 g/mol. The molecule has 0 bridgehead atoms. The standard InChI is InChI=1S/C19H17N5O2/c1-12-6-5-7-13(2)17(12)21-16(25)10-24-19(26)23-11-20-15-9-4-3-8-14(15)18(23)22-24/h3-9,11H,10H2,1-2H3,(H,21,25). The van der Waals surface area contributed by atoms with Crippen LogP contribution in [-0.2, 0) is 11.3 Å². The highest BCUT2D eigenvalue weighted by atomic mass is 16.2. The number of amides is 1. The molecule has 0 aliphatic carbocycles. The third-order valence-corrected chi connectivity index (χ3v) is 4.37. The molecule has 0 unspecified atom stereocenters. The number of aryl methyl sites for hydroxylation is 2. The number of carbonyl (C=O) groups is 1. The van der Waals surface area contributed by atoms with Gasteiger partial charge in [0.05, 0.1) is 5.52 Å². The minimum atomic E-state index is -0.394. The summed E-state index contributed by atoms with van der Waals surface area (Å²) in [4.78, 5) is 29.2. The molecule has 4 rings (SSSR count). The Morgan fingerprint density at radius 1 is 1.08 bits per heavy atom. The molecule has 2 aromatic carbocycles. The summed E-state index contributed by atoms with van der Waals surface area (Å²) in [6.07, 6.45) is 1.44. The average Bonchev–Trinajstić information content (AvgIpc) is 2.95. The maximum absolute atomic E-state index is 12.5. The Bertz CT molecular complexity index is 1190. The Hall–Kier alpha value is -3.48. The van der Waals surface area contributed by atoms with E-state index in [9.17, 15) is 9.59 Å². The second-order valence-corrected chi connectivity index (χ2v) is 6.21. The number of anilines is 1. The molecule has 0 aliphatic rings.